The summed E-state index contributed by atoms with van der Waals surface area (Å²) in [6.07, 6.45) is 2.30. The summed E-state index contributed by atoms with van der Waals surface area (Å²) in [6.45, 7) is 0.923. The molecule has 0 unspecified atom stereocenters. The van der Waals surface area contributed by atoms with E-state index in [2.05, 4.69) is 15.9 Å². The monoisotopic (exact) mass is 439 g/mol. The molecule has 0 spiro atoms. The summed E-state index contributed by atoms with van der Waals surface area (Å²) in [4.78, 5) is 14.8. The fraction of sp³-hybridized carbons (Fsp3) is 0.273. The van der Waals surface area contributed by atoms with Crippen LogP contribution in [0.4, 0.5) is 0 Å². The molecular weight excluding hydrogens is 418 g/mol. The molecule has 0 radical (unpaired) electrons. The summed E-state index contributed by atoms with van der Waals surface area (Å²) in [7, 11) is 1.80. The zero-order valence-electron chi connectivity index (χ0n) is 15.7. The molecule has 3 aromatic rings. The van der Waals surface area contributed by atoms with Gasteiger partial charge in [0.2, 0.25) is 0 Å². The van der Waals surface area contributed by atoms with Crippen LogP contribution in [0.3, 0.4) is 0 Å². The number of amides is 1. The first-order valence-electron chi connectivity index (χ1n) is 9.41. The Labute approximate surface area is 173 Å². The zero-order valence-corrected chi connectivity index (χ0v) is 17.3. The Morgan fingerprint density at radius 1 is 1.18 bits per heavy atom. The molecule has 1 heterocycles. The number of rotatable bonds is 7. The molecular formula is C22H22BrN3O2. The van der Waals surface area contributed by atoms with Gasteiger partial charge < -0.3 is 9.64 Å². The van der Waals surface area contributed by atoms with Crippen molar-refractivity contribution in [2.24, 2.45) is 0 Å². The Morgan fingerprint density at radius 3 is 2.57 bits per heavy atom. The smallest absolute Gasteiger partial charge is 0.272 e. The standard InChI is InChI=1S/C22H22BrN3O2/c1-25(13-14-28-19-11-9-17(23)10-12-19)22(27)21-15-20(16-7-8-16)24-26(21)18-5-3-2-4-6-18/h2-6,9-12,15-16H,7-8,13-14H2,1H3. The van der Waals surface area contributed by atoms with E-state index >= 15 is 0 Å². The van der Waals surface area contributed by atoms with Gasteiger partial charge in [-0.25, -0.2) is 4.68 Å². The summed E-state index contributed by atoms with van der Waals surface area (Å²) in [6, 6.07) is 19.4. The molecule has 1 aromatic heterocycles. The van der Waals surface area contributed by atoms with E-state index < -0.39 is 0 Å². The van der Waals surface area contributed by atoms with Crippen LogP contribution in [-0.4, -0.2) is 40.8 Å². The maximum absolute atomic E-state index is 13.1. The molecule has 28 heavy (non-hydrogen) atoms. The van der Waals surface area contributed by atoms with Crippen LogP contribution in [0, 0.1) is 0 Å². The third kappa shape index (κ3) is 4.28. The molecule has 1 amide bonds. The van der Waals surface area contributed by atoms with Crippen molar-refractivity contribution < 1.29 is 9.53 Å². The summed E-state index contributed by atoms with van der Waals surface area (Å²) in [5.41, 5.74) is 2.50. The van der Waals surface area contributed by atoms with E-state index in [9.17, 15) is 4.79 Å². The van der Waals surface area contributed by atoms with E-state index in [0.29, 0.717) is 24.8 Å². The van der Waals surface area contributed by atoms with Crippen LogP contribution in [0.25, 0.3) is 5.69 Å². The highest BCUT2D eigenvalue weighted by Crippen LogP contribution is 2.39. The second-order valence-corrected chi connectivity index (χ2v) is 7.92. The minimum atomic E-state index is -0.0531. The van der Waals surface area contributed by atoms with Crippen molar-refractivity contribution in [3.63, 3.8) is 0 Å². The molecule has 1 fully saturated rings. The largest absolute Gasteiger partial charge is 0.492 e. The van der Waals surface area contributed by atoms with Gasteiger partial charge in [-0.2, -0.15) is 5.10 Å². The summed E-state index contributed by atoms with van der Waals surface area (Å²) in [5, 5.41) is 4.72. The summed E-state index contributed by atoms with van der Waals surface area (Å²) in [5.74, 6) is 1.22. The van der Waals surface area contributed by atoms with Crippen molar-refractivity contribution >= 4 is 21.8 Å². The molecule has 5 nitrogen and oxygen atoms in total. The molecule has 1 aliphatic rings. The van der Waals surface area contributed by atoms with Crippen LogP contribution in [0.5, 0.6) is 5.75 Å². The second-order valence-electron chi connectivity index (χ2n) is 7.01. The molecule has 0 atom stereocenters. The van der Waals surface area contributed by atoms with Gasteiger partial charge in [-0.15, -0.1) is 0 Å². The van der Waals surface area contributed by atoms with Crippen LogP contribution < -0.4 is 4.74 Å². The maximum Gasteiger partial charge on any atom is 0.272 e. The Morgan fingerprint density at radius 2 is 1.89 bits per heavy atom. The van der Waals surface area contributed by atoms with Crippen molar-refractivity contribution in [1.29, 1.82) is 0 Å². The van der Waals surface area contributed by atoms with Crippen LogP contribution in [0.15, 0.2) is 65.1 Å². The average molecular weight is 440 g/mol. The zero-order chi connectivity index (χ0) is 19.5. The van der Waals surface area contributed by atoms with Crippen molar-refractivity contribution in [2.45, 2.75) is 18.8 Å². The van der Waals surface area contributed by atoms with E-state index in [0.717, 1.165) is 34.4 Å². The van der Waals surface area contributed by atoms with Crippen LogP contribution >= 0.6 is 15.9 Å². The lowest BCUT2D eigenvalue weighted by Crippen LogP contribution is -2.32. The Balaban J connectivity index is 1.46. The van der Waals surface area contributed by atoms with Crippen LogP contribution in [0.2, 0.25) is 0 Å². The topological polar surface area (TPSA) is 47.4 Å². The minimum Gasteiger partial charge on any atom is -0.492 e. The van der Waals surface area contributed by atoms with Gasteiger partial charge in [0, 0.05) is 17.4 Å². The van der Waals surface area contributed by atoms with E-state index in [-0.39, 0.29) is 5.91 Å². The third-order valence-electron chi connectivity index (χ3n) is 4.80. The fourth-order valence-corrected chi connectivity index (χ4v) is 3.29. The van der Waals surface area contributed by atoms with Crippen molar-refractivity contribution in [1.82, 2.24) is 14.7 Å². The van der Waals surface area contributed by atoms with Gasteiger partial charge in [0.25, 0.3) is 5.91 Å². The first-order valence-corrected chi connectivity index (χ1v) is 10.2. The summed E-state index contributed by atoms with van der Waals surface area (Å²) < 4.78 is 8.52. The van der Waals surface area contributed by atoms with Crippen LogP contribution in [-0.2, 0) is 0 Å². The van der Waals surface area contributed by atoms with Crippen molar-refractivity contribution in [3.8, 4) is 11.4 Å². The number of hydrogen-bond acceptors (Lipinski definition) is 3. The number of nitrogens with zero attached hydrogens (tertiary/aromatic N) is 3. The Bertz CT molecular complexity index is 950. The van der Waals surface area contributed by atoms with Gasteiger partial charge in [-0.3, -0.25) is 4.79 Å². The quantitative estimate of drug-likeness (QED) is 0.537. The van der Waals surface area contributed by atoms with E-state index in [1.54, 1.807) is 16.6 Å². The molecule has 144 valence electrons. The van der Waals surface area contributed by atoms with E-state index in [1.165, 1.54) is 0 Å². The number of carbonyl (C=O) groups excluding carboxylic acids is 1. The summed E-state index contributed by atoms with van der Waals surface area (Å²) >= 11 is 3.41. The third-order valence-corrected chi connectivity index (χ3v) is 5.33. The lowest BCUT2D eigenvalue weighted by atomic mass is 10.2. The minimum absolute atomic E-state index is 0.0531. The molecule has 0 aliphatic heterocycles. The molecule has 1 aliphatic carbocycles. The first-order chi connectivity index (χ1) is 13.6. The predicted octanol–water partition coefficient (Wildman–Crippen LogP) is 4.66. The maximum atomic E-state index is 13.1. The Kier molecular flexibility index (Phi) is 5.48. The highest BCUT2D eigenvalue weighted by atomic mass is 79.9. The van der Waals surface area contributed by atoms with Gasteiger partial charge in [-0.05, 0) is 55.3 Å². The second kappa shape index (κ2) is 8.19. The van der Waals surface area contributed by atoms with Gasteiger partial charge in [0.1, 0.15) is 18.1 Å². The normalized spacial score (nSPS) is 13.4. The highest BCUT2D eigenvalue weighted by Gasteiger charge is 2.29. The SMILES string of the molecule is CN(CCOc1ccc(Br)cc1)C(=O)c1cc(C2CC2)nn1-c1ccccc1. The molecule has 0 bridgehead atoms. The van der Waals surface area contributed by atoms with Crippen LogP contribution in [0.1, 0.15) is 34.9 Å². The molecule has 1 saturated carbocycles. The van der Waals surface area contributed by atoms with Gasteiger partial charge in [-0.1, -0.05) is 34.1 Å². The number of carbonyl (C=O) groups is 1. The highest BCUT2D eigenvalue weighted by molar-refractivity contribution is 9.10. The average Bonchev–Trinajstić information content (AvgIpc) is 3.48. The lowest BCUT2D eigenvalue weighted by molar-refractivity contribution is 0.0765. The molecule has 0 saturated heterocycles. The number of likely N-dealkylation sites (N-methyl/N-ethyl adjacent to an activating group) is 1. The van der Waals surface area contributed by atoms with Crippen molar-refractivity contribution in [2.75, 3.05) is 20.2 Å². The van der Waals surface area contributed by atoms with Gasteiger partial charge in [0.15, 0.2) is 0 Å². The Hall–Kier alpha value is -2.60. The predicted molar refractivity (Wildman–Crippen MR) is 112 cm³/mol. The number of para-hydroxylation sites is 1. The van der Waals surface area contributed by atoms with Gasteiger partial charge in [0.05, 0.1) is 17.9 Å². The first kappa shape index (κ1) is 18.7. The number of ether oxygens (including phenoxy) is 1. The number of halogens is 1. The molecule has 0 N–H and O–H groups in total. The van der Waals surface area contributed by atoms with E-state index in [4.69, 9.17) is 9.84 Å². The number of benzene rings is 2. The van der Waals surface area contributed by atoms with E-state index in [1.807, 2.05) is 60.7 Å². The number of hydrogen-bond donors (Lipinski definition) is 0. The lowest BCUT2D eigenvalue weighted by Gasteiger charge is -2.18. The molecule has 2 aromatic carbocycles. The van der Waals surface area contributed by atoms with Gasteiger partial charge >= 0.3 is 0 Å². The molecule has 6 heteroatoms. The van der Waals surface area contributed by atoms with Crippen molar-refractivity contribution in [3.05, 3.63) is 76.5 Å². The fourth-order valence-electron chi connectivity index (χ4n) is 3.02. The number of aromatic nitrogens is 2. The molecule has 4 rings (SSSR count).